The Morgan fingerprint density at radius 2 is 0.968 bits per heavy atom. The van der Waals surface area contributed by atoms with Gasteiger partial charge in [-0.05, 0) is 96.3 Å². The van der Waals surface area contributed by atoms with Gasteiger partial charge < -0.3 is 39.4 Å². The first-order chi connectivity index (χ1) is 30.8. The lowest BCUT2D eigenvalue weighted by Gasteiger charge is -2.39. The van der Waals surface area contributed by atoms with Gasteiger partial charge in [-0.1, -0.05) is 155 Å². The summed E-state index contributed by atoms with van der Waals surface area (Å²) in [6.07, 6.45) is 52.1. The Bertz CT molecular complexity index is 1430. The summed E-state index contributed by atoms with van der Waals surface area (Å²) in [7, 11) is 0. The van der Waals surface area contributed by atoms with Gasteiger partial charge in [0.05, 0.1) is 13.2 Å². The van der Waals surface area contributed by atoms with Gasteiger partial charge in [0.2, 0.25) is 0 Å². The van der Waals surface area contributed by atoms with E-state index in [2.05, 4.69) is 123 Å². The minimum Gasteiger partial charge on any atom is -0.462 e. The predicted molar refractivity (Wildman–Crippen MR) is 256 cm³/mol. The highest BCUT2D eigenvalue weighted by molar-refractivity contribution is 5.70. The lowest BCUT2D eigenvalue weighted by atomic mass is 9.99. The molecule has 354 valence electrons. The molecule has 1 heterocycles. The van der Waals surface area contributed by atoms with Crippen LogP contribution in [0.4, 0.5) is 0 Å². The molecule has 63 heavy (non-hydrogen) atoms. The number of aliphatic hydroxyl groups is 4. The largest absolute Gasteiger partial charge is 0.462 e. The average Bonchev–Trinajstić information content (AvgIpc) is 3.28. The molecular formula is C53H82O10. The third-order valence-corrected chi connectivity index (χ3v) is 9.84. The van der Waals surface area contributed by atoms with E-state index in [4.69, 9.17) is 18.9 Å². The molecule has 1 rings (SSSR count). The quantitative estimate of drug-likeness (QED) is 0.0270. The monoisotopic (exact) mass is 879 g/mol. The van der Waals surface area contributed by atoms with Crippen molar-refractivity contribution >= 4 is 11.9 Å². The first-order valence-electron chi connectivity index (χ1n) is 23.6. The first kappa shape index (κ1) is 57.1. The second-order valence-corrected chi connectivity index (χ2v) is 15.5. The molecule has 4 N–H and O–H groups in total. The Labute approximate surface area is 380 Å². The molecule has 6 atom stereocenters. The van der Waals surface area contributed by atoms with E-state index in [1.54, 1.807) is 0 Å². The number of allylic oxidation sites excluding steroid dienone is 20. The molecule has 10 nitrogen and oxygen atoms in total. The van der Waals surface area contributed by atoms with Crippen molar-refractivity contribution < 1.29 is 49.0 Å². The summed E-state index contributed by atoms with van der Waals surface area (Å²) >= 11 is 0. The van der Waals surface area contributed by atoms with Gasteiger partial charge in [-0.25, -0.2) is 0 Å². The smallest absolute Gasteiger partial charge is 0.306 e. The molecule has 1 fully saturated rings. The molecule has 0 saturated carbocycles. The molecule has 0 bridgehead atoms. The van der Waals surface area contributed by atoms with Gasteiger partial charge in [0.1, 0.15) is 31.0 Å². The molecule has 0 aliphatic carbocycles. The fraction of sp³-hybridized carbons (Fsp3) is 0.585. The summed E-state index contributed by atoms with van der Waals surface area (Å²) in [5.74, 6) is -0.954. The number of hydrogen-bond donors (Lipinski definition) is 4. The third kappa shape index (κ3) is 33.3. The van der Waals surface area contributed by atoms with Crippen LogP contribution in [0.3, 0.4) is 0 Å². The molecule has 0 aromatic rings. The van der Waals surface area contributed by atoms with E-state index >= 15 is 0 Å². The molecule has 1 saturated heterocycles. The zero-order chi connectivity index (χ0) is 45.9. The van der Waals surface area contributed by atoms with E-state index in [1.807, 2.05) is 12.2 Å². The summed E-state index contributed by atoms with van der Waals surface area (Å²) in [5, 5.41) is 40.1. The molecule has 0 radical (unpaired) electrons. The highest BCUT2D eigenvalue weighted by Crippen LogP contribution is 2.22. The van der Waals surface area contributed by atoms with E-state index in [-0.39, 0.29) is 26.1 Å². The molecule has 10 heteroatoms. The van der Waals surface area contributed by atoms with Crippen LogP contribution in [0.25, 0.3) is 0 Å². The van der Waals surface area contributed by atoms with Crippen LogP contribution < -0.4 is 0 Å². The van der Waals surface area contributed by atoms with E-state index in [9.17, 15) is 30.0 Å². The van der Waals surface area contributed by atoms with Gasteiger partial charge >= 0.3 is 11.9 Å². The first-order valence-corrected chi connectivity index (χ1v) is 23.6. The maximum atomic E-state index is 12.8. The van der Waals surface area contributed by atoms with Crippen LogP contribution in [0.2, 0.25) is 0 Å². The number of unbranched alkanes of at least 4 members (excludes halogenated alkanes) is 6. The second kappa shape index (κ2) is 42.1. The number of aliphatic hydroxyl groups excluding tert-OH is 4. The van der Waals surface area contributed by atoms with Crippen LogP contribution in [-0.4, -0.2) is 89.0 Å². The molecule has 2 unspecified atom stereocenters. The molecule has 1 aliphatic rings. The number of esters is 2. The lowest BCUT2D eigenvalue weighted by molar-refractivity contribution is -0.305. The van der Waals surface area contributed by atoms with E-state index in [0.29, 0.717) is 12.8 Å². The summed E-state index contributed by atoms with van der Waals surface area (Å²) in [5.41, 5.74) is 0. The van der Waals surface area contributed by atoms with Crippen molar-refractivity contribution in [3.05, 3.63) is 122 Å². The highest BCUT2D eigenvalue weighted by atomic mass is 16.7. The maximum Gasteiger partial charge on any atom is 0.306 e. The van der Waals surface area contributed by atoms with Crippen LogP contribution in [0, 0.1) is 0 Å². The zero-order valence-corrected chi connectivity index (χ0v) is 38.5. The van der Waals surface area contributed by atoms with Crippen LogP contribution >= 0.6 is 0 Å². The Morgan fingerprint density at radius 1 is 0.508 bits per heavy atom. The Morgan fingerprint density at radius 3 is 1.44 bits per heavy atom. The van der Waals surface area contributed by atoms with Crippen LogP contribution in [0.5, 0.6) is 0 Å². The van der Waals surface area contributed by atoms with Crippen molar-refractivity contribution in [3.8, 4) is 0 Å². The molecule has 0 aromatic carbocycles. The number of carbonyl (C=O) groups excluding carboxylic acids is 2. The highest BCUT2D eigenvalue weighted by Gasteiger charge is 2.44. The minimum absolute atomic E-state index is 0.0908. The Kier molecular flexibility index (Phi) is 38.1. The Hall–Kier alpha value is -3.90. The second-order valence-electron chi connectivity index (χ2n) is 15.5. The molecular weight excluding hydrogens is 797 g/mol. The van der Waals surface area contributed by atoms with Gasteiger partial charge in [0.15, 0.2) is 12.4 Å². The van der Waals surface area contributed by atoms with Crippen molar-refractivity contribution in [2.45, 2.75) is 179 Å². The fourth-order valence-electron chi connectivity index (χ4n) is 6.14. The van der Waals surface area contributed by atoms with Gasteiger partial charge in [-0.3, -0.25) is 9.59 Å². The number of ether oxygens (including phenoxy) is 4. The number of rotatable bonds is 37. The molecule has 0 amide bonds. The molecule has 1 aliphatic heterocycles. The fourth-order valence-corrected chi connectivity index (χ4v) is 6.14. The van der Waals surface area contributed by atoms with Crippen LogP contribution in [0.1, 0.15) is 142 Å². The summed E-state index contributed by atoms with van der Waals surface area (Å²) < 4.78 is 22.1. The van der Waals surface area contributed by atoms with E-state index in [1.165, 1.54) is 25.7 Å². The van der Waals surface area contributed by atoms with Gasteiger partial charge in [-0.2, -0.15) is 0 Å². The normalized spacial score (nSPS) is 20.6. The average molecular weight is 879 g/mol. The molecule has 0 spiro atoms. The van der Waals surface area contributed by atoms with Crippen molar-refractivity contribution in [2.24, 2.45) is 0 Å². The van der Waals surface area contributed by atoms with E-state index < -0.39 is 55.4 Å². The van der Waals surface area contributed by atoms with Gasteiger partial charge in [0, 0.05) is 12.8 Å². The van der Waals surface area contributed by atoms with Crippen molar-refractivity contribution in [2.75, 3.05) is 19.8 Å². The summed E-state index contributed by atoms with van der Waals surface area (Å²) in [4.78, 5) is 25.3. The summed E-state index contributed by atoms with van der Waals surface area (Å²) in [6, 6.07) is 0. The Balaban J connectivity index is 2.41. The summed E-state index contributed by atoms with van der Waals surface area (Å²) in [6.45, 7) is 3.15. The van der Waals surface area contributed by atoms with Crippen LogP contribution in [0.15, 0.2) is 122 Å². The van der Waals surface area contributed by atoms with Gasteiger partial charge in [-0.15, -0.1) is 0 Å². The van der Waals surface area contributed by atoms with Crippen LogP contribution in [-0.2, 0) is 28.5 Å². The van der Waals surface area contributed by atoms with Crippen molar-refractivity contribution in [1.82, 2.24) is 0 Å². The topological polar surface area (TPSA) is 152 Å². The third-order valence-electron chi connectivity index (χ3n) is 9.84. The maximum absolute atomic E-state index is 12.8. The number of carbonyl (C=O) groups is 2. The standard InChI is InChI=1S/C53H82O10/c1-3-5-7-9-11-13-15-17-19-21-23-25-27-29-31-33-35-37-39-41-48(55)60-44-46(45-61-53-52(59)51(58)50(57)47(43-54)63-53)62-49(56)42-40-38-36-34-32-30-28-26-24-22-20-18-16-14-12-10-8-6-4-2/h5,7,11-14,17-20,23-26,29-32,36,38,46-47,50-54,57-59H,3-4,6,8-10,15-16,21-22,27-28,33-35,37,39-45H2,1-2H3/b7-5+,13-11+,14-12+,19-17+,20-18+,25-23+,26-24+,31-29+,32-30+,38-36+/t46-,47-,50+,51?,52?,53-/m0/s1. The predicted octanol–water partition coefficient (Wildman–Crippen LogP) is 10.7. The van der Waals surface area contributed by atoms with Crippen molar-refractivity contribution in [1.29, 1.82) is 0 Å². The molecule has 0 aromatic heterocycles. The van der Waals surface area contributed by atoms with Crippen molar-refractivity contribution in [3.63, 3.8) is 0 Å². The minimum atomic E-state index is -1.62. The van der Waals surface area contributed by atoms with E-state index in [0.717, 1.165) is 77.0 Å². The number of hydrogen-bond acceptors (Lipinski definition) is 10. The SMILES string of the molecule is CC/C=C/C/C=C/C/C=C/C/C=C/C/C=C/CCCCCC(=O)OC[C@@H](CO[C@H]1O[C@@H](CO)[C@@H](O)C(O)C1O)OC(=O)CC/C=C/C/C=C/C/C=C/C/C=C/C/C=C/CCCCC. The zero-order valence-electron chi connectivity index (χ0n) is 38.5. The van der Waals surface area contributed by atoms with Gasteiger partial charge in [0.25, 0.3) is 0 Å². The lowest BCUT2D eigenvalue weighted by Crippen LogP contribution is -2.59.